The fourth-order valence-electron chi connectivity index (χ4n) is 5.04. The third-order valence-corrected chi connectivity index (χ3v) is 6.73. The first-order valence-corrected chi connectivity index (χ1v) is 9.67. The van der Waals surface area contributed by atoms with E-state index >= 15 is 0 Å². The minimum absolute atomic E-state index is 0.0766. The first kappa shape index (κ1) is 16.4. The van der Waals surface area contributed by atoms with Gasteiger partial charge in [0.15, 0.2) is 0 Å². The Morgan fingerprint density at radius 1 is 1.12 bits per heavy atom. The number of piperazine rings is 1. The van der Waals surface area contributed by atoms with Crippen LogP contribution in [-0.4, -0.2) is 75.0 Å². The van der Waals surface area contributed by atoms with Gasteiger partial charge in [0.2, 0.25) is 5.91 Å². The molecule has 138 valence electrons. The number of likely N-dealkylation sites (tertiary alicyclic amines) is 1. The van der Waals surface area contributed by atoms with E-state index in [2.05, 4.69) is 4.90 Å². The molecule has 3 aliphatic heterocycles. The van der Waals surface area contributed by atoms with Gasteiger partial charge >= 0.3 is 0 Å². The van der Waals surface area contributed by atoms with Gasteiger partial charge in [0, 0.05) is 25.7 Å². The molecular formula is C20H25N3O3. The molecule has 2 atom stereocenters. The maximum atomic E-state index is 13.4. The van der Waals surface area contributed by atoms with Crippen LogP contribution in [0.15, 0.2) is 30.3 Å². The second-order valence-electron chi connectivity index (χ2n) is 8.29. The summed E-state index contributed by atoms with van der Waals surface area (Å²) in [5.41, 5.74) is 0.340. The highest BCUT2D eigenvalue weighted by Gasteiger charge is 2.65. The van der Waals surface area contributed by atoms with E-state index in [1.165, 1.54) is 24.2 Å². The van der Waals surface area contributed by atoms with Crippen LogP contribution in [0.1, 0.15) is 31.2 Å². The number of hydrogen-bond donors (Lipinski definition) is 1. The second kappa shape index (κ2) is 5.87. The van der Waals surface area contributed by atoms with Crippen LogP contribution in [0, 0.1) is 0 Å². The molecule has 3 saturated heterocycles. The maximum absolute atomic E-state index is 13.4. The molecule has 1 aliphatic carbocycles. The van der Waals surface area contributed by atoms with Crippen LogP contribution in [0.25, 0.3) is 0 Å². The van der Waals surface area contributed by atoms with Crippen molar-refractivity contribution in [2.45, 2.75) is 56.0 Å². The number of β-amino-alcohol motifs (C(OH)–C–C–N with tert-alkyl or cyclic N) is 1. The van der Waals surface area contributed by atoms with Crippen molar-refractivity contribution < 1.29 is 14.7 Å². The lowest BCUT2D eigenvalue weighted by atomic mass is 9.78. The summed E-state index contributed by atoms with van der Waals surface area (Å²) in [6, 6.07) is 9.92. The first-order valence-electron chi connectivity index (χ1n) is 9.67. The Bertz CT molecular complexity index is 727. The minimum atomic E-state index is -0.625. The van der Waals surface area contributed by atoms with Gasteiger partial charge in [-0.3, -0.25) is 24.3 Å². The van der Waals surface area contributed by atoms with Crippen LogP contribution in [0.3, 0.4) is 0 Å². The molecule has 4 aliphatic rings. The van der Waals surface area contributed by atoms with Gasteiger partial charge in [-0.15, -0.1) is 0 Å². The van der Waals surface area contributed by atoms with E-state index < -0.39 is 11.6 Å². The fraction of sp³-hybridized carbons (Fsp3) is 0.600. The Kier molecular flexibility index (Phi) is 3.71. The van der Waals surface area contributed by atoms with E-state index in [4.69, 9.17) is 0 Å². The predicted octanol–water partition coefficient (Wildman–Crippen LogP) is 0.598. The first-order chi connectivity index (χ1) is 12.6. The van der Waals surface area contributed by atoms with E-state index in [0.29, 0.717) is 38.6 Å². The van der Waals surface area contributed by atoms with Crippen LogP contribution in [0.5, 0.6) is 0 Å². The highest BCUT2D eigenvalue weighted by molar-refractivity contribution is 6.06. The zero-order chi connectivity index (χ0) is 17.9. The van der Waals surface area contributed by atoms with Gasteiger partial charge < -0.3 is 5.11 Å². The normalized spacial score (nSPS) is 31.8. The monoisotopic (exact) mass is 355 g/mol. The van der Waals surface area contributed by atoms with Gasteiger partial charge in [-0.2, -0.15) is 0 Å². The fourth-order valence-corrected chi connectivity index (χ4v) is 5.04. The summed E-state index contributed by atoms with van der Waals surface area (Å²) in [5, 5.41) is 10.2. The molecule has 6 heteroatoms. The van der Waals surface area contributed by atoms with Crippen molar-refractivity contribution in [1.29, 1.82) is 0 Å². The van der Waals surface area contributed by atoms with Gasteiger partial charge in [0.25, 0.3) is 5.91 Å². The van der Waals surface area contributed by atoms with Crippen molar-refractivity contribution in [2.75, 3.05) is 19.6 Å². The molecule has 0 radical (unpaired) electrons. The quantitative estimate of drug-likeness (QED) is 0.805. The third kappa shape index (κ3) is 2.29. The summed E-state index contributed by atoms with van der Waals surface area (Å²) in [6.07, 6.45) is 3.60. The van der Waals surface area contributed by atoms with Crippen molar-refractivity contribution in [3.05, 3.63) is 35.9 Å². The second-order valence-corrected chi connectivity index (χ2v) is 8.29. The van der Waals surface area contributed by atoms with Crippen LogP contribution in [0.4, 0.5) is 0 Å². The Morgan fingerprint density at radius 2 is 1.85 bits per heavy atom. The lowest BCUT2D eigenvalue weighted by Crippen LogP contribution is -2.82. The number of fused-ring (bicyclic) bond motifs is 2. The van der Waals surface area contributed by atoms with Gasteiger partial charge in [-0.1, -0.05) is 36.8 Å². The smallest absolute Gasteiger partial charge is 0.252 e. The van der Waals surface area contributed by atoms with Crippen LogP contribution in [-0.2, 0) is 16.1 Å². The number of carbonyl (C=O) groups is 2. The molecule has 6 nitrogen and oxygen atoms in total. The van der Waals surface area contributed by atoms with Crippen molar-refractivity contribution >= 4 is 11.8 Å². The van der Waals surface area contributed by atoms with Crippen LogP contribution >= 0.6 is 0 Å². The molecule has 4 fully saturated rings. The summed E-state index contributed by atoms with van der Waals surface area (Å²) >= 11 is 0. The van der Waals surface area contributed by atoms with E-state index in [1.807, 2.05) is 35.2 Å². The number of hydrogen-bond acceptors (Lipinski definition) is 5. The number of aliphatic hydroxyl groups excluding tert-OH is 1. The molecule has 1 N–H and O–H groups in total. The number of benzene rings is 1. The van der Waals surface area contributed by atoms with Crippen molar-refractivity contribution in [3.8, 4) is 0 Å². The molecule has 2 amide bonds. The van der Waals surface area contributed by atoms with E-state index in [1.54, 1.807) is 0 Å². The number of aliphatic hydroxyl groups is 1. The van der Waals surface area contributed by atoms with Crippen LogP contribution < -0.4 is 0 Å². The molecule has 1 saturated carbocycles. The maximum Gasteiger partial charge on any atom is 0.252 e. The van der Waals surface area contributed by atoms with Gasteiger partial charge in [0.05, 0.1) is 18.7 Å². The summed E-state index contributed by atoms with van der Waals surface area (Å²) in [4.78, 5) is 32.3. The molecule has 0 aromatic heterocycles. The summed E-state index contributed by atoms with van der Waals surface area (Å²) in [5.74, 6) is -0.226. The average Bonchev–Trinajstić information content (AvgIpc) is 2.95. The highest BCUT2D eigenvalue weighted by Crippen LogP contribution is 2.43. The molecule has 1 spiro atoms. The number of amides is 2. The number of rotatable bonds is 3. The highest BCUT2D eigenvalue weighted by atomic mass is 16.3. The van der Waals surface area contributed by atoms with Crippen LogP contribution in [0.2, 0.25) is 0 Å². The Balaban J connectivity index is 1.44. The Hall–Kier alpha value is -1.76. The SMILES string of the molecule is O=C1[C@@H]2C[C@@H](O)CN2C2(CN(C3CCC3)C2)C(=O)N1Cc1ccccc1. The molecule has 0 bridgehead atoms. The number of nitrogens with zero attached hydrogens (tertiary/aromatic N) is 3. The third-order valence-electron chi connectivity index (χ3n) is 6.73. The van der Waals surface area contributed by atoms with E-state index in [9.17, 15) is 14.7 Å². The summed E-state index contributed by atoms with van der Waals surface area (Å²) in [7, 11) is 0. The lowest BCUT2D eigenvalue weighted by Gasteiger charge is -2.61. The van der Waals surface area contributed by atoms with Crippen molar-refractivity contribution in [2.24, 2.45) is 0 Å². The van der Waals surface area contributed by atoms with Crippen molar-refractivity contribution in [1.82, 2.24) is 14.7 Å². The van der Waals surface area contributed by atoms with Crippen molar-refractivity contribution in [3.63, 3.8) is 0 Å². The Morgan fingerprint density at radius 3 is 2.50 bits per heavy atom. The van der Waals surface area contributed by atoms with E-state index in [-0.39, 0.29) is 17.9 Å². The summed E-state index contributed by atoms with van der Waals surface area (Å²) < 4.78 is 0. The number of imide groups is 1. The predicted molar refractivity (Wildman–Crippen MR) is 95.1 cm³/mol. The molecule has 1 aromatic carbocycles. The standard InChI is InChI=1S/C20H25N3O3/c24-16-9-17-18(25)22(10-14-5-2-1-3-6-14)19(26)20(23(17)11-16)12-21(13-20)15-7-4-8-15/h1-3,5-6,15-17,24H,4,7-13H2/t16-,17+/m1/s1. The minimum Gasteiger partial charge on any atom is -0.392 e. The van der Waals surface area contributed by atoms with Gasteiger partial charge in [-0.05, 0) is 24.8 Å². The topological polar surface area (TPSA) is 64.1 Å². The number of carbonyl (C=O) groups excluding carboxylic acids is 2. The average molecular weight is 355 g/mol. The molecule has 5 rings (SSSR count). The molecular weight excluding hydrogens is 330 g/mol. The molecule has 26 heavy (non-hydrogen) atoms. The molecule has 0 unspecified atom stereocenters. The van der Waals surface area contributed by atoms with Gasteiger partial charge in [-0.25, -0.2) is 0 Å². The van der Waals surface area contributed by atoms with E-state index in [0.717, 1.165) is 5.56 Å². The van der Waals surface area contributed by atoms with Gasteiger partial charge in [0.1, 0.15) is 5.54 Å². The molecule has 3 heterocycles. The zero-order valence-corrected chi connectivity index (χ0v) is 14.9. The Labute approximate surface area is 153 Å². The molecule has 1 aromatic rings. The lowest BCUT2D eigenvalue weighted by molar-refractivity contribution is -0.184. The summed E-state index contributed by atoms with van der Waals surface area (Å²) in [6.45, 7) is 2.14. The zero-order valence-electron chi connectivity index (χ0n) is 14.9. The largest absolute Gasteiger partial charge is 0.392 e.